The Morgan fingerprint density at radius 3 is 2.69 bits per heavy atom. The van der Waals surface area contributed by atoms with Gasteiger partial charge in [-0.2, -0.15) is 0 Å². The smallest absolute Gasteiger partial charge is 0.224 e. The highest BCUT2D eigenvalue weighted by Crippen LogP contribution is 2.17. The summed E-state index contributed by atoms with van der Waals surface area (Å²) in [4.78, 5) is 0. The van der Waals surface area contributed by atoms with E-state index in [1.54, 1.807) is 0 Å². The molecule has 0 aliphatic rings. The van der Waals surface area contributed by atoms with Gasteiger partial charge in [0, 0.05) is 20.0 Å². The van der Waals surface area contributed by atoms with Gasteiger partial charge >= 0.3 is 0 Å². The fraction of sp³-hybridized carbons (Fsp3) is 0.750. The van der Waals surface area contributed by atoms with Gasteiger partial charge in [0.2, 0.25) is 5.95 Å². The van der Waals surface area contributed by atoms with Gasteiger partial charge in [0.1, 0.15) is 5.82 Å². The summed E-state index contributed by atoms with van der Waals surface area (Å²) in [5.41, 5.74) is 5.48. The molecule has 1 heterocycles. The van der Waals surface area contributed by atoms with Gasteiger partial charge in [-0.15, -0.1) is 10.2 Å². The molecule has 0 saturated carbocycles. The van der Waals surface area contributed by atoms with E-state index in [2.05, 4.69) is 22.4 Å². The van der Waals surface area contributed by atoms with Crippen LogP contribution < -0.4 is 11.1 Å². The molecule has 0 aliphatic carbocycles. The van der Waals surface area contributed by atoms with Crippen LogP contribution in [0.3, 0.4) is 0 Å². The average Bonchev–Trinajstić information content (AvgIpc) is 2.47. The maximum Gasteiger partial charge on any atom is 0.224 e. The third-order valence-electron chi connectivity index (χ3n) is 2.17. The van der Waals surface area contributed by atoms with Crippen molar-refractivity contribution >= 4 is 5.95 Å². The van der Waals surface area contributed by atoms with Crippen LogP contribution >= 0.6 is 0 Å². The van der Waals surface area contributed by atoms with E-state index in [-0.39, 0.29) is 0 Å². The average molecular weight is 183 g/mol. The minimum Gasteiger partial charge on any atom is -0.357 e. The number of nitrogens with one attached hydrogen (secondary N) is 1. The Labute approximate surface area is 78.3 Å². The van der Waals surface area contributed by atoms with Crippen molar-refractivity contribution < 1.29 is 0 Å². The van der Waals surface area contributed by atoms with Crippen molar-refractivity contribution in [3.05, 3.63) is 5.82 Å². The van der Waals surface area contributed by atoms with E-state index in [0.29, 0.717) is 12.5 Å². The Balaban J connectivity index is 2.82. The van der Waals surface area contributed by atoms with Crippen LogP contribution in [0.4, 0.5) is 5.95 Å². The lowest BCUT2D eigenvalue weighted by atomic mass is 10.1. The third kappa shape index (κ3) is 1.98. The maximum atomic E-state index is 5.48. The number of nitrogens with zero attached hydrogens (tertiary/aromatic N) is 3. The molecule has 3 N–H and O–H groups in total. The predicted octanol–water partition coefficient (Wildman–Crippen LogP) is 0.309. The summed E-state index contributed by atoms with van der Waals surface area (Å²) < 4.78 is 1.96. The summed E-state index contributed by atoms with van der Waals surface area (Å²) in [5.74, 6) is 2.14. The zero-order valence-corrected chi connectivity index (χ0v) is 8.41. The Morgan fingerprint density at radius 2 is 2.23 bits per heavy atom. The van der Waals surface area contributed by atoms with E-state index < -0.39 is 0 Å². The molecule has 0 spiro atoms. The fourth-order valence-corrected chi connectivity index (χ4v) is 1.37. The normalized spacial score (nSPS) is 12.9. The van der Waals surface area contributed by atoms with Gasteiger partial charge in [-0.25, -0.2) is 0 Å². The van der Waals surface area contributed by atoms with Crippen molar-refractivity contribution in [2.75, 3.05) is 18.9 Å². The largest absolute Gasteiger partial charge is 0.357 e. The molecule has 1 rings (SSSR count). The second kappa shape index (κ2) is 4.23. The van der Waals surface area contributed by atoms with Crippen LogP contribution in [0.5, 0.6) is 0 Å². The van der Waals surface area contributed by atoms with Crippen LogP contribution in [-0.4, -0.2) is 28.4 Å². The molecular weight excluding hydrogens is 166 g/mol. The number of hydrogen-bond donors (Lipinski definition) is 2. The van der Waals surface area contributed by atoms with Gasteiger partial charge in [-0.3, -0.25) is 0 Å². The van der Waals surface area contributed by atoms with Gasteiger partial charge in [0.05, 0.1) is 0 Å². The first-order valence-electron chi connectivity index (χ1n) is 4.47. The summed E-state index contributed by atoms with van der Waals surface area (Å²) in [6, 6.07) is 0. The van der Waals surface area contributed by atoms with Crippen molar-refractivity contribution in [3.8, 4) is 0 Å². The number of aromatic nitrogens is 3. The predicted molar refractivity (Wildman–Crippen MR) is 52.6 cm³/mol. The van der Waals surface area contributed by atoms with Crippen LogP contribution in [0.25, 0.3) is 0 Å². The highest BCUT2D eigenvalue weighted by molar-refractivity contribution is 5.24. The summed E-state index contributed by atoms with van der Waals surface area (Å²) >= 11 is 0. The molecule has 0 aromatic carbocycles. The number of nitrogens with two attached hydrogens (primary N) is 1. The summed E-state index contributed by atoms with van der Waals surface area (Å²) in [5, 5.41) is 11.1. The number of hydrogen-bond acceptors (Lipinski definition) is 4. The van der Waals surface area contributed by atoms with Crippen molar-refractivity contribution in [3.63, 3.8) is 0 Å². The van der Waals surface area contributed by atoms with E-state index in [1.807, 2.05) is 18.7 Å². The SMILES string of the molecule is CNc1nnc(C(C)CCN)n1C. The van der Waals surface area contributed by atoms with E-state index >= 15 is 0 Å². The lowest BCUT2D eigenvalue weighted by Gasteiger charge is -2.09. The first-order valence-corrected chi connectivity index (χ1v) is 4.47. The molecule has 5 nitrogen and oxygen atoms in total. The van der Waals surface area contributed by atoms with E-state index in [9.17, 15) is 0 Å². The molecule has 0 amide bonds. The zero-order valence-electron chi connectivity index (χ0n) is 8.41. The molecule has 1 aromatic rings. The first-order chi connectivity index (χ1) is 6.20. The van der Waals surface area contributed by atoms with Gasteiger partial charge in [-0.05, 0) is 13.0 Å². The minimum absolute atomic E-state index is 0.365. The molecule has 5 heteroatoms. The van der Waals surface area contributed by atoms with Gasteiger partial charge in [-0.1, -0.05) is 6.92 Å². The summed E-state index contributed by atoms with van der Waals surface area (Å²) in [6.45, 7) is 2.79. The lowest BCUT2D eigenvalue weighted by Crippen LogP contribution is -2.10. The zero-order chi connectivity index (χ0) is 9.84. The quantitative estimate of drug-likeness (QED) is 0.705. The molecule has 0 bridgehead atoms. The first kappa shape index (κ1) is 9.98. The summed E-state index contributed by atoms with van der Waals surface area (Å²) in [7, 11) is 3.79. The van der Waals surface area contributed by atoms with Crippen LogP contribution in [0.1, 0.15) is 25.1 Å². The maximum absolute atomic E-state index is 5.48. The minimum atomic E-state index is 0.365. The monoisotopic (exact) mass is 183 g/mol. The molecule has 0 radical (unpaired) electrons. The van der Waals surface area contributed by atoms with Gasteiger partial charge < -0.3 is 15.6 Å². The van der Waals surface area contributed by atoms with Crippen LogP contribution in [0, 0.1) is 0 Å². The van der Waals surface area contributed by atoms with Crippen molar-refractivity contribution in [2.45, 2.75) is 19.3 Å². The van der Waals surface area contributed by atoms with Crippen molar-refractivity contribution in [2.24, 2.45) is 12.8 Å². The van der Waals surface area contributed by atoms with E-state index in [4.69, 9.17) is 5.73 Å². The summed E-state index contributed by atoms with van der Waals surface area (Å²) in [6.07, 6.45) is 0.940. The Bertz CT molecular complexity index is 267. The van der Waals surface area contributed by atoms with Crippen molar-refractivity contribution in [1.29, 1.82) is 0 Å². The van der Waals surface area contributed by atoms with Crippen molar-refractivity contribution in [1.82, 2.24) is 14.8 Å². The standard InChI is InChI=1S/C8H17N5/c1-6(4-5-9)7-11-12-8(10-2)13(7)3/h6H,4-5,9H2,1-3H3,(H,10,12). The molecule has 1 unspecified atom stereocenters. The molecule has 1 atom stereocenters. The molecule has 1 aromatic heterocycles. The van der Waals surface area contributed by atoms with Gasteiger partial charge in [0.15, 0.2) is 0 Å². The topological polar surface area (TPSA) is 68.8 Å². The van der Waals surface area contributed by atoms with Crippen LogP contribution in [-0.2, 0) is 7.05 Å². The highest BCUT2D eigenvalue weighted by atomic mass is 15.3. The molecular formula is C8H17N5. The second-order valence-corrected chi connectivity index (χ2v) is 3.17. The van der Waals surface area contributed by atoms with Gasteiger partial charge in [0.25, 0.3) is 0 Å². The Kier molecular flexibility index (Phi) is 3.25. The van der Waals surface area contributed by atoms with E-state index in [1.165, 1.54) is 0 Å². The molecule has 0 fully saturated rings. The van der Waals surface area contributed by atoms with E-state index in [0.717, 1.165) is 18.2 Å². The number of rotatable bonds is 4. The molecule has 13 heavy (non-hydrogen) atoms. The second-order valence-electron chi connectivity index (χ2n) is 3.17. The Morgan fingerprint density at radius 1 is 1.54 bits per heavy atom. The molecule has 0 saturated heterocycles. The molecule has 74 valence electrons. The lowest BCUT2D eigenvalue weighted by molar-refractivity contribution is 0.617. The highest BCUT2D eigenvalue weighted by Gasteiger charge is 2.13. The third-order valence-corrected chi connectivity index (χ3v) is 2.17. The molecule has 0 aliphatic heterocycles. The van der Waals surface area contributed by atoms with Crippen LogP contribution in [0.15, 0.2) is 0 Å². The number of anilines is 1. The van der Waals surface area contributed by atoms with Crippen LogP contribution in [0.2, 0.25) is 0 Å². The Hall–Kier alpha value is -1.10. The fourth-order valence-electron chi connectivity index (χ4n) is 1.37.